The fourth-order valence-electron chi connectivity index (χ4n) is 3.48. The van der Waals surface area contributed by atoms with Gasteiger partial charge >= 0.3 is 0 Å². The fraction of sp³-hybridized carbons (Fsp3) is 0.375. The van der Waals surface area contributed by atoms with E-state index in [0.29, 0.717) is 17.7 Å². The van der Waals surface area contributed by atoms with Crippen molar-refractivity contribution in [2.24, 2.45) is 0 Å². The predicted octanol–water partition coefficient (Wildman–Crippen LogP) is 2.27. The zero-order chi connectivity index (χ0) is 15.0. The first-order valence-corrected chi connectivity index (χ1v) is 7.10. The first-order valence-electron chi connectivity index (χ1n) is 7.10. The Bertz CT molecular complexity index is 666. The third-order valence-corrected chi connectivity index (χ3v) is 4.44. The molecule has 21 heavy (non-hydrogen) atoms. The standard InChI is InChI=1S/C16H19N3O2/c1-16(4-2-11(21)8-16)15-12(14-3-5-18-19-14)6-10(9-20)7-13(15)17/h3,5-7,9,11,21H,2,4,8,17H2,1H3,(H,18,19). The molecule has 0 saturated heterocycles. The monoisotopic (exact) mass is 285 g/mol. The van der Waals surface area contributed by atoms with Crippen molar-refractivity contribution in [2.75, 3.05) is 5.73 Å². The largest absolute Gasteiger partial charge is 0.398 e. The number of nitrogen functional groups attached to an aromatic ring is 1. The normalized spacial score (nSPS) is 25.1. The Morgan fingerprint density at radius 1 is 1.52 bits per heavy atom. The Kier molecular flexibility index (Phi) is 3.29. The SMILES string of the molecule is CC1(c2c(N)cc(C=O)cc2-c2ccn[nH]2)CCC(O)C1. The number of hydrogen-bond acceptors (Lipinski definition) is 4. The van der Waals surface area contributed by atoms with Crippen molar-refractivity contribution in [3.63, 3.8) is 0 Å². The van der Waals surface area contributed by atoms with E-state index in [9.17, 15) is 9.90 Å². The molecule has 2 atom stereocenters. The summed E-state index contributed by atoms with van der Waals surface area (Å²) >= 11 is 0. The van der Waals surface area contributed by atoms with Crippen molar-refractivity contribution in [1.82, 2.24) is 10.2 Å². The summed E-state index contributed by atoms with van der Waals surface area (Å²) in [5.41, 5.74) is 9.92. The zero-order valence-electron chi connectivity index (χ0n) is 12.0. The van der Waals surface area contributed by atoms with Gasteiger partial charge in [0.1, 0.15) is 6.29 Å². The second-order valence-electron chi connectivity index (χ2n) is 6.08. The van der Waals surface area contributed by atoms with Crippen LogP contribution in [0.5, 0.6) is 0 Å². The van der Waals surface area contributed by atoms with Crippen LogP contribution in [0.4, 0.5) is 5.69 Å². The lowest BCUT2D eigenvalue weighted by molar-refractivity contribution is 0.112. The summed E-state index contributed by atoms with van der Waals surface area (Å²) in [7, 11) is 0. The number of nitrogens with one attached hydrogen (secondary N) is 1. The molecule has 3 rings (SSSR count). The minimum Gasteiger partial charge on any atom is -0.398 e. The van der Waals surface area contributed by atoms with Crippen molar-refractivity contribution < 1.29 is 9.90 Å². The number of carbonyl (C=O) groups is 1. The molecule has 1 saturated carbocycles. The molecule has 1 aliphatic rings. The Labute approximate surface area is 123 Å². The van der Waals surface area contributed by atoms with Crippen LogP contribution < -0.4 is 5.73 Å². The molecular weight excluding hydrogens is 266 g/mol. The third-order valence-electron chi connectivity index (χ3n) is 4.44. The van der Waals surface area contributed by atoms with Gasteiger partial charge in [0.25, 0.3) is 0 Å². The molecule has 110 valence electrons. The van der Waals surface area contributed by atoms with Crippen LogP contribution in [-0.4, -0.2) is 27.7 Å². The van der Waals surface area contributed by atoms with Gasteiger partial charge in [-0.2, -0.15) is 5.10 Å². The summed E-state index contributed by atoms with van der Waals surface area (Å²) in [5.74, 6) is 0. The number of nitrogens with two attached hydrogens (primary N) is 1. The number of hydrogen-bond donors (Lipinski definition) is 3. The van der Waals surface area contributed by atoms with Gasteiger partial charge in [-0.25, -0.2) is 0 Å². The number of aliphatic hydroxyl groups excluding tert-OH is 1. The number of anilines is 1. The molecule has 1 heterocycles. The van der Waals surface area contributed by atoms with Gasteiger partial charge in [0.05, 0.1) is 11.8 Å². The van der Waals surface area contributed by atoms with Crippen LogP contribution in [0.1, 0.15) is 42.1 Å². The molecule has 1 aliphatic carbocycles. The highest BCUT2D eigenvalue weighted by molar-refractivity contribution is 5.84. The second-order valence-corrected chi connectivity index (χ2v) is 6.08. The van der Waals surface area contributed by atoms with E-state index < -0.39 is 0 Å². The lowest BCUT2D eigenvalue weighted by Crippen LogP contribution is -2.22. The number of carbonyl (C=O) groups excluding carboxylic acids is 1. The van der Waals surface area contributed by atoms with Crippen molar-refractivity contribution >= 4 is 12.0 Å². The summed E-state index contributed by atoms with van der Waals surface area (Å²) in [6, 6.07) is 5.40. The van der Waals surface area contributed by atoms with Gasteiger partial charge in [0.15, 0.2) is 0 Å². The number of aromatic nitrogens is 2. The molecule has 0 aliphatic heterocycles. The first-order chi connectivity index (χ1) is 10.0. The number of nitrogens with zero attached hydrogens (tertiary/aromatic N) is 1. The molecule has 1 aromatic carbocycles. The van der Waals surface area contributed by atoms with Crippen LogP contribution in [0.15, 0.2) is 24.4 Å². The van der Waals surface area contributed by atoms with E-state index in [0.717, 1.165) is 35.9 Å². The van der Waals surface area contributed by atoms with Crippen molar-refractivity contribution in [1.29, 1.82) is 0 Å². The first kappa shape index (κ1) is 13.8. The number of rotatable bonds is 3. The van der Waals surface area contributed by atoms with Gasteiger partial charge in [0, 0.05) is 23.0 Å². The molecule has 0 radical (unpaired) electrons. The van der Waals surface area contributed by atoms with Gasteiger partial charge in [-0.3, -0.25) is 9.89 Å². The third kappa shape index (κ3) is 2.34. The summed E-state index contributed by atoms with van der Waals surface area (Å²) in [6.45, 7) is 2.12. The number of H-pyrrole nitrogens is 1. The summed E-state index contributed by atoms with van der Waals surface area (Å²) < 4.78 is 0. The minimum absolute atomic E-state index is 0.189. The van der Waals surface area contributed by atoms with E-state index in [2.05, 4.69) is 17.1 Å². The quantitative estimate of drug-likeness (QED) is 0.596. The second kappa shape index (κ2) is 5.00. The van der Waals surface area contributed by atoms with Crippen LogP contribution in [0.3, 0.4) is 0 Å². The van der Waals surface area contributed by atoms with Crippen molar-refractivity contribution in [2.45, 2.75) is 37.7 Å². The number of aromatic amines is 1. The maximum Gasteiger partial charge on any atom is 0.150 e. The van der Waals surface area contributed by atoms with Gasteiger partial charge in [0.2, 0.25) is 0 Å². The molecule has 5 heteroatoms. The van der Waals surface area contributed by atoms with E-state index in [4.69, 9.17) is 5.73 Å². The van der Waals surface area contributed by atoms with E-state index in [1.165, 1.54) is 0 Å². The van der Waals surface area contributed by atoms with Crippen LogP contribution >= 0.6 is 0 Å². The molecule has 1 aromatic heterocycles. The highest BCUT2D eigenvalue weighted by Gasteiger charge is 2.39. The maximum absolute atomic E-state index is 11.1. The van der Waals surface area contributed by atoms with Crippen LogP contribution in [0, 0.1) is 0 Å². The van der Waals surface area contributed by atoms with Crippen LogP contribution in [0.2, 0.25) is 0 Å². The average Bonchev–Trinajstić information content (AvgIpc) is 3.08. The summed E-state index contributed by atoms with van der Waals surface area (Å²) in [4.78, 5) is 11.1. The average molecular weight is 285 g/mol. The number of aldehydes is 1. The molecule has 0 bridgehead atoms. The highest BCUT2D eigenvalue weighted by atomic mass is 16.3. The smallest absolute Gasteiger partial charge is 0.150 e. The van der Waals surface area contributed by atoms with Crippen LogP contribution in [-0.2, 0) is 5.41 Å². The maximum atomic E-state index is 11.1. The van der Waals surface area contributed by atoms with Gasteiger partial charge in [-0.1, -0.05) is 6.92 Å². The van der Waals surface area contributed by atoms with Gasteiger partial charge < -0.3 is 10.8 Å². The summed E-state index contributed by atoms with van der Waals surface area (Å²) in [5, 5.41) is 16.8. The molecule has 4 N–H and O–H groups in total. The van der Waals surface area contributed by atoms with Crippen molar-refractivity contribution in [3.05, 3.63) is 35.5 Å². The molecule has 5 nitrogen and oxygen atoms in total. The minimum atomic E-state index is -0.297. The lowest BCUT2D eigenvalue weighted by atomic mass is 9.76. The zero-order valence-corrected chi connectivity index (χ0v) is 12.0. The van der Waals surface area contributed by atoms with E-state index >= 15 is 0 Å². The van der Waals surface area contributed by atoms with Gasteiger partial charge in [-0.15, -0.1) is 0 Å². The Balaban J connectivity index is 2.21. The molecule has 1 fully saturated rings. The van der Waals surface area contributed by atoms with Crippen LogP contribution in [0.25, 0.3) is 11.3 Å². The molecule has 0 amide bonds. The molecule has 2 aromatic rings. The molecule has 2 unspecified atom stereocenters. The highest BCUT2D eigenvalue weighted by Crippen LogP contribution is 2.47. The van der Waals surface area contributed by atoms with Crippen molar-refractivity contribution in [3.8, 4) is 11.3 Å². The summed E-state index contributed by atoms with van der Waals surface area (Å²) in [6.07, 6.45) is 4.50. The lowest BCUT2D eigenvalue weighted by Gasteiger charge is -2.29. The predicted molar refractivity (Wildman–Crippen MR) is 81.0 cm³/mol. The van der Waals surface area contributed by atoms with Gasteiger partial charge in [-0.05, 0) is 48.4 Å². The van der Waals surface area contributed by atoms with E-state index in [-0.39, 0.29) is 11.5 Å². The fourth-order valence-corrected chi connectivity index (χ4v) is 3.48. The Morgan fingerprint density at radius 2 is 2.33 bits per heavy atom. The number of aliphatic hydroxyl groups is 1. The number of benzene rings is 1. The topological polar surface area (TPSA) is 92.0 Å². The molecule has 0 spiro atoms. The molecular formula is C16H19N3O2. The van der Waals surface area contributed by atoms with E-state index in [1.807, 2.05) is 12.1 Å². The Hall–Kier alpha value is -2.14. The Morgan fingerprint density at radius 3 is 2.90 bits per heavy atom. The van der Waals surface area contributed by atoms with E-state index in [1.54, 1.807) is 12.3 Å².